The summed E-state index contributed by atoms with van der Waals surface area (Å²) in [5.41, 5.74) is -1.43. The number of rotatable bonds is 11. The molecule has 67 heavy (non-hydrogen) atoms. The summed E-state index contributed by atoms with van der Waals surface area (Å²) in [6, 6.07) is 3.86. The highest BCUT2D eigenvalue weighted by molar-refractivity contribution is 7.80. The summed E-state index contributed by atoms with van der Waals surface area (Å²) in [5, 5.41) is 7.12. The highest BCUT2D eigenvalue weighted by Gasteiger charge is 2.57. The van der Waals surface area contributed by atoms with E-state index in [0.717, 1.165) is 34.1 Å². The zero-order valence-corrected chi connectivity index (χ0v) is 37.2. The van der Waals surface area contributed by atoms with Gasteiger partial charge in [0.05, 0.1) is 37.6 Å². The third-order valence-corrected chi connectivity index (χ3v) is 10.8. The van der Waals surface area contributed by atoms with Crippen molar-refractivity contribution in [2.24, 2.45) is 0 Å². The third kappa shape index (κ3) is 13.1. The van der Waals surface area contributed by atoms with E-state index in [1.54, 1.807) is 26.1 Å². The molecule has 4 saturated heterocycles. The lowest BCUT2D eigenvalue weighted by molar-refractivity contribution is -0.187. The Balaban J connectivity index is 0.000000251. The number of hydrogen-bond acceptors (Lipinski definition) is 12. The first kappa shape index (κ1) is 52.5. The fraction of sp³-hybridized carbons (Fsp3) is 0.538. The van der Waals surface area contributed by atoms with Gasteiger partial charge in [0.2, 0.25) is 0 Å². The highest BCUT2D eigenvalue weighted by Crippen LogP contribution is 2.34. The molecule has 3 amide bonds. The van der Waals surface area contributed by atoms with E-state index < -0.39 is 100 Å². The second-order valence-corrected chi connectivity index (χ2v) is 16.9. The Kier molecular flexibility index (Phi) is 16.6. The van der Waals surface area contributed by atoms with Gasteiger partial charge in [0.1, 0.15) is 34.2 Å². The molecule has 0 bridgehead atoms. The molecule has 4 aliphatic rings. The number of hydrogen-bond donors (Lipinski definition) is 3. The van der Waals surface area contributed by atoms with Crippen molar-refractivity contribution in [3.05, 3.63) is 47.5 Å². The van der Waals surface area contributed by atoms with E-state index in [1.165, 1.54) is 14.7 Å². The number of piperazine rings is 2. The predicted octanol–water partition coefficient (Wildman–Crippen LogP) is 5.91. The fourth-order valence-electron chi connectivity index (χ4n) is 6.92. The molecule has 4 heterocycles. The molecule has 4 aliphatic heterocycles. The minimum atomic E-state index is -5.81. The highest BCUT2D eigenvalue weighted by atomic mass is 32.1. The van der Waals surface area contributed by atoms with E-state index in [9.17, 15) is 67.5 Å². The first-order chi connectivity index (χ1) is 31.2. The van der Waals surface area contributed by atoms with Crippen LogP contribution < -0.4 is 35.6 Å². The Hall–Kier alpha value is -5.51. The Morgan fingerprint density at radius 1 is 0.731 bits per heavy atom. The minimum absolute atomic E-state index is 0.0601. The van der Waals surface area contributed by atoms with Gasteiger partial charge < -0.3 is 44.9 Å². The zero-order chi connectivity index (χ0) is 49.8. The van der Waals surface area contributed by atoms with Crippen LogP contribution in [0.1, 0.15) is 20.8 Å². The van der Waals surface area contributed by atoms with E-state index in [0.29, 0.717) is 26.2 Å². The maximum Gasteiger partial charge on any atom is 0.456 e. The number of alkyl halides is 7. The number of carbonyl (C=O) groups excluding carboxylic acids is 4. The maximum atomic E-state index is 14.9. The number of nitrogens with zero attached hydrogens (tertiary/aromatic N) is 5. The molecule has 3 N–H and O–H groups in total. The van der Waals surface area contributed by atoms with Gasteiger partial charge in [-0.3, -0.25) is 14.6 Å². The summed E-state index contributed by atoms with van der Waals surface area (Å²) >= 11 is 8.66. The Labute approximate surface area is 385 Å². The van der Waals surface area contributed by atoms with E-state index in [-0.39, 0.29) is 68.6 Å². The lowest BCUT2D eigenvalue weighted by Crippen LogP contribution is -2.51. The summed E-state index contributed by atoms with van der Waals surface area (Å²) in [6.45, 7) is 6.61. The van der Waals surface area contributed by atoms with Gasteiger partial charge in [-0.1, -0.05) is 24.4 Å². The number of carbonyl (C=O) groups is 4. The number of amides is 3. The lowest BCUT2D eigenvalue weighted by atomic mass is 10.2. The fourth-order valence-corrected chi connectivity index (χ4v) is 7.17. The number of Topliss-reactive ketones (excluding diaryl/α,β-unsaturated/α-hetero) is 1. The standard InChI is InChI=1S/C21H26F4N4O4S.C18H17F7N4O3S/c1-21(2,3)33-19(30)28-6-4-27(5-7-28)16-14(22)8-12(9-15(16)23)29-11-13(32-20(29)31)10-26-18(34)17(24)25;19-11-5-9(6-12(20)13(11)28-3-1-26-2-4-28)29-8-10(32-16(29)31)7-27-15(33)17(21,22)14(30)18(23,24)25/h8-9,13,17H,4-7,10-11H2,1-3H3,(H,26,34);5-6,10,26H,1-4,7-8H2,(H,27,33)/t13-;10-/m00/s1. The molecule has 0 saturated carbocycles. The van der Waals surface area contributed by atoms with Crippen molar-refractivity contribution in [2.45, 2.75) is 57.1 Å². The smallest absolute Gasteiger partial charge is 0.444 e. The third-order valence-electron chi connectivity index (χ3n) is 10.1. The number of halogens is 11. The largest absolute Gasteiger partial charge is 0.456 e. The van der Waals surface area contributed by atoms with E-state index in [2.05, 4.69) is 35.1 Å². The molecule has 6 rings (SSSR count). The van der Waals surface area contributed by atoms with Crippen LogP contribution in [-0.4, -0.2) is 154 Å². The summed E-state index contributed by atoms with van der Waals surface area (Å²) in [7, 11) is 0. The number of ether oxygens (including phenoxy) is 3. The molecule has 2 atom stereocenters. The van der Waals surface area contributed by atoms with Gasteiger partial charge in [0, 0.05) is 76.6 Å². The van der Waals surface area contributed by atoms with Crippen molar-refractivity contribution in [2.75, 3.05) is 98.1 Å². The van der Waals surface area contributed by atoms with E-state index in [1.807, 2.05) is 0 Å². The molecule has 370 valence electrons. The van der Waals surface area contributed by atoms with Crippen LogP contribution in [0.15, 0.2) is 24.3 Å². The van der Waals surface area contributed by atoms with Crippen LogP contribution in [-0.2, 0) is 19.0 Å². The van der Waals surface area contributed by atoms with Gasteiger partial charge in [0.25, 0.3) is 6.43 Å². The van der Waals surface area contributed by atoms with Crippen molar-refractivity contribution >= 4 is 81.2 Å². The van der Waals surface area contributed by atoms with Crippen molar-refractivity contribution in [1.82, 2.24) is 20.9 Å². The van der Waals surface area contributed by atoms with Gasteiger partial charge >= 0.3 is 36.2 Å². The average molecular weight is 1010 g/mol. The molecule has 28 heteroatoms. The van der Waals surface area contributed by atoms with E-state index in [4.69, 9.17) is 14.2 Å². The molecular weight excluding hydrogens is 966 g/mol. The predicted molar refractivity (Wildman–Crippen MR) is 226 cm³/mol. The monoisotopic (exact) mass is 1010 g/mol. The summed E-state index contributed by atoms with van der Waals surface area (Å²) in [5.74, 6) is -12.0. The maximum absolute atomic E-state index is 14.9. The SMILES string of the molecule is CC(C)(C)OC(=O)N1CCN(c2c(F)cc(N3C[C@H](CNC(=S)C(F)F)OC3=O)cc2F)CC1.O=C1O[C@@H](CNC(=S)C(F)(F)C(=O)C(F)(F)F)CN1c1cc(F)c(N2CCNCC2)c(F)c1. The number of thiocarbonyl (C=S) groups is 2. The van der Waals surface area contributed by atoms with E-state index >= 15 is 0 Å². The van der Waals surface area contributed by atoms with Crippen LogP contribution in [0.2, 0.25) is 0 Å². The number of nitrogens with one attached hydrogen (secondary N) is 3. The van der Waals surface area contributed by atoms with Gasteiger partial charge in [0.15, 0.2) is 28.3 Å². The Bertz CT molecular complexity index is 2160. The lowest BCUT2D eigenvalue weighted by Gasteiger charge is -2.37. The first-order valence-corrected chi connectivity index (χ1v) is 21.0. The summed E-state index contributed by atoms with van der Waals surface area (Å²) in [6.07, 6.45) is -13.1. The molecule has 4 fully saturated rings. The molecule has 0 aliphatic carbocycles. The van der Waals surface area contributed by atoms with Gasteiger partial charge in [-0.25, -0.2) is 40.7 Å². The topological polar surface area (TPSA) is 148 Å². The van der Waals surface area contributed by atoms with Crippen molar-refractivity contribution < 1.29 is 81.7 Å². The molecule has 0 unspecified atom stereocenters. The number of benzene rings is 2. The summed E-state index contributed by atoms with van der Waals surface area (Å²) in [4.78, 5) is 51.2. The van der Waals surface area contributed by atoms with Crippen LogP contribution >= 0.6 is 24.4 Å². The van der Waals surface area contributed by atoms with Crippen molar-refractivity contribution in [3.8, 4) is 0 Å². The van der Waals surface area contributed by atoms with Crippen LogP contribution in [0.5, 0.6) is 0 Å². The van der Waals surface area contributed by atoms with Gasteiger partial charge in [-0.15, -0.1) is 0 Å². The van der Waals surface area contributed by atoms with Gasteiger partial charge in [-0.05, 0) is 20.8 Å². The molecule has 15 nitrogen and oxygen atoms in total. The molecule has 0 radical (unpaired) electrons. The number of cyclic esters (lactones) is 2. The molecular formula is C39H43F11N8O7S2. The van der Waals surface area contributed by atoms with Gasteiger partial charge in [-0.2, -0.15) is 22.0 Å². The Morgan fingerprint density at radius 3 is 1.55 bits per heavy atom. The molecule has 2 aromatic rings. The molecule has 2 aromatic carbocycles. The number of ketones is 1. The second-order valence-electron chi connectivity index (χ2n) is 16.1. The quantitative estimate of drug-likeness (QED) is 0.139. The molecule has 0 spiro atoms. The van der Waals surface area contributed by atoms with Crippen molar-refractivity contribution in [3.63, 3.8) is 0 Å². The first-order valence-electron chi connectivity index (χ1n) is 20.1. The summed E-state index contributed by atoms with van der Waals surface area (Å²) < 4.78 is 163. The van der Waals surface area contributed by atoms with Crippen LogP contribution in [0.25, 0.3) is 0 Å². The normalized spacial score (nSPS) is 19.2. The van der Waals surface area contributed by atoms with Crippen molar-refractivity contribution in [1.29, 1.82) is 0 Å². The van der Waals surface area contributed by atoms with Crippen LogP contribution in [0.4, 0.5) is 85.4 Å². The second kappa shape index (κ2) is 21.2. The Morgan fingerprint density at radius 2 is 1.15 bits per heavy atom. The minimum Gasteiger partial charge on any atom is -0.444 e. The average Bonchev–Trinajstić information content (AvgIpc) is 3.81. The number of anilines is 4. The van der Waals surface area contributed by atoms with Crippen LogP contribution in [0.3, 0.4) is 0 Å². The zero-order valence-electron chi connectivity index (χ0n) is 35.6. The van der Waals surface area contributed by atoms with Crippen LogP contribution in [0, 0.1) is 23.3 Å². The molecule has 0 aromatic heterocycles.